The molecule has 0 atom stereocenters. The zero-order valence-electron chi connectivity index (χ0n) is 11.4. The lowest BCUT2D eigenvalue weighted by atomic mass is 9.90. The lowest BCUT2D eigenvalue weighted by Crippen LogP contribution is -2.45. The summed E-state index contributed by atoms with van der Waals surface area (Å²) in [6, 6.07) is 7.41. The first kappa shape index (κ1) is 14.9. The van der Waals surface area contributed by atoms with E-state index < -0.39 is 0 Å². The van der Waals surface area contributed by atoms with Crippen LogP contribution in [-0.4, -0.2) is 40.1 Å². The number of benzene rings is 1. The summed E-state index contributed by atoms with van der Waals surface area (Å²) in [5.41, 5.74) is 6.97. The Hall–Kier alpha value is -1.46. The summed E-state index contributed by atoms with van der Waals surface area (Å²) < 4.78 is 0. The van der Waals surface area contributed by atoms with Crippen molar-refractivity contribution in [1.29, 1.82) is 0 Å². The molecule has 4 nitrogen and oxygen atoms in total. The smallest absolute Gasteiger partial charge is 0.254 e. The molecule has 0 bridgehead atoms. The van der Waals surface area contributed by atoms with Crippen molar-refractivity contribution < 1.29 is 9.90 Å². The summed E-state index contributed by atoms with van der Waals surface area (Å²) >= 11 is 4.90. The number of hydrogen-bond acceptors (Lipinski definition) is 3. The van der Waals surface area contributed by atoms with Crippen molar-refractivity contribution in [2.45, 2.75) is 31.7 Å². The molecule has 0 saturated heterocycles. The fourth-order valence-corrected chi connectivity index (χ4v) is 2.47. The number of carbonyl (C=O) groups is 1. The van der Waals surface area contributed by atoms with Crippen LogP contribution in [0.1, 0.15) is 41.6 Å². The number of thiocarbonyl (C=S) groups is 1. The molecular weight excluding hydrogens is 272 g/mol. The molecule has 3 N–H and O–H groups in total. The zero-order valence-corrected chi connectivity index (χ0v) is 12.2. The molecule has 1 amide bonds. The fraction of sp³-hybridized carbons (Fsp3) is 0.467. The second kappa shape index (κ2) is 6.81. The highest BCUT2D eigenvalue weighted by atomic mass is 32.1. The highest BCUT2D eigenvalue weighted by Gasteiger charge is 2.28. The van der Waals surface area contributed by atoms with E-state index in [1.54, 1.807) is 24.3 Å². The predicted molar refractivity (Wildman–Crippen MR) is 82.7 cm³/mol. The van der Waals surface area contributed by atoms with Crippen LogP contribution in [0.2, 0.25) is 0 Å². The number of amides is 1. The van der Waals surface area contributed by atoms with Crippen LogP contribution in [0.5, 0.6) is 0 Å². The molecule has 108 valence electrons. The highest BCUT2D eigenvalue weighted by Crippen LogP contribution is 2.26. The Kier molecular flexibility index (Phi) is 5.09. The third-order valence-electron chi connectivity index (χ3n) is 3.75. The van der Waals surface area contributed by atoms with E-state index in [-0.39, 0.29) is 12.5 Å². The standard InChI is InChI=1S/C15H20N2O2S/c16-14(20)11-5-7-12(8-6-11)15(19)17(9-2-10-18)13-3-1-4-13/h5-8,13,18H,1-4,9-10H2,(H2,16,20). The van der Waals surface area contributed by atoms with Crippen molar-refractivity contribution >= 4 is 23.1 Å². The molecule has 20 heavy (non-hydrogen) atoms. The minimum Gasteiger partial charge on any atom is -0.396 e. The number of hydrogen-bond donors (Lipinski definition) is 2. The molecule has 1 fully saturated rings. The summed E-state index contributed by atoms with van der Waals surface area (Å²) in [6.07, 6.45) is 3.91. The maximum Gasteiger partial charge on any atom is 0.254 e. The van der Waals surface area contributed by atoms with Gasteiger partial charge in [0.25, 0.3) is 5.91 Å². The number of nitrogens with zero attached hydrogens (tertiary/aromatic N) is 1. The second-order valence-electron chi connectivity index (χ2n) is 5.10. The predicted octanol–water partition coefficient (Wildman–Crippen LogP) is 1.70. The Balaban J connectivity index is 2.11. The molecule has 5 heteroatoms. The summed E-state index contributed by atoms with van der Waals surface area (Å²) in [7, 11) is 0. The van der Waals surface area contributed by atoms with Crippen molar-refractivity contribution in [3.63, 3.8) is 0 Å². The summed E-state index contributed by atoms with van der Waals surface area (Å²) in [4.78, 5) is 14.8. The Morgan fingerprint density at radius 3 is 2.35 bits per heavy atom. The van der Waals surface area contributed by atoms with Crippen LogP contribution in [0, 0.1) is 0 Å². The van der Waals surface area contributed by atoms with E-state index in [0.717, 1.165) is 18.4 Å². The van der Waals surface area contributed by atoms with Crippen molar-refractivity contribution in [3.05, 3.63) is 35.4 Å². The van der Waals surface area contributed by atoms with E-state index in [1.165, 1.54) is 6.42 Å². The van der Waals surface area contributed by atoms with Gasteiger partial charge in [0.1, 0.15) is 4.99 Å². The SMILES string of the molecule is NC(=S)c1ccc(C(=O)N(CCCO)C2CCC2)cc1. The maximum absolute atomic E-state index is 12.5. The van der Waals surface area contributed by atoms with Crippen LogP contribution in [0.3, 0.4) is 0 Å². The van der Waals surface area contributed by atoms with Crippen LogP contribution in [0.4, 0.5) is 0 Å². The Labute approximate surface area is 124 Å². The summed E-state index contributed by atoms with van der Waals surface area (Å²) in [5, 5.41) is 8.97. The van der Waals surface area contributed by atoms with Gasteiger partial charge in [-0.3, -0.25) is 4.79 Å². The topological polar surface area (TPSA) is 66.6 Å². The third kappa shape index (κ3) is 3.35. The Bertz CT molecular complexity index is 483. The van der Waals surface area contributed by atoms with E-state index in [4.69, 9.17) is 23.1 Å². The normalized spacial score (nSPS) is 14.7. The highest BCUT2D eigenvalue weighted by molar-refractivity contribution is 7.80. The number of aliphatic hydroxyl groups excluding tert-OH is 1. The minimum atomic E-state index is 0.0256. The first-order valence-electron chi connectivity index (χ1n) is 6.95. The quantitative estimate of drug-likeness (QED) is 0.783. The molecule has 0 unspecified atom stereocenters. The van der Waals surface area contributed by atoms with Gasteiger partial charge in [0.2, 0.25) is 0 Å². The molecule has 0 heterocycles. The first-order chi connectivity index (χ1) is 9.63. The van der Waals surface area contributed by atoms with E-state index in [9.17, 15) is 4.79 Å². The lowest BCUT2D eigenvalue weighted by Gasteiger charge is -2.37. The Morgan fingerprint density at radius 2 is 1.90 bits per heavy atom. The molecule has 0 spiro atoms. The van der Waals surface area contributed by atoms with Gasteiger partial charge in [0.15, 0.2) is 0 Å². The van der Waals surface area contributed by atoms with Crippen LogP contribution < -0.4 is 5.73 Å². The average Bonchev–Trinajstić information content (AvgIpc) is 2.40. The van der Waals surface area contributed by atoms with Crippen LogP contribution in [-0.2, 0) is 0 Å². The molecule has 1 aliphatic carbocycles. The average molecular weight is 292 g/mol. The molecule has 1 aliphatic rings. The summed E-state index contributed by atoms with van der Waals surface area (Å²) in [5.74, 6) is 0.0256. The van der Waals surface area contributed by atoms with Crippen molar-refractivity contribution in [2.24, 2.45) is 5.73 Å². The number of rotatable bonds is 6. The van der Waals surface area contributed by atoms with Gasteiger partial charge in [0.05, 0.1) is 0 Å². The fourth-order valence-electron chi connectivity index (χ4n) is 2.33. The first-order valence-corrected chi connectivity index (χ1v) is 7.36. The van der Waals surface area contributed by atoms with Crippen molar-refractivity contribution in [1.82, 2.24) is 4.90 Å². The molecule has 1 aromatic rings. The molecule has 1 saturated carbocycles. The van der Waals surface area contributed by atoms with Crippen molar-refractivity contribution in [2.75, 3.05) is 13.2 Å². The number of nitrogens with two attached hydrogens (primary N) is 1. The van der Waals surface area contributed by atoms with E-state index >= 15 is 0 Å². The number of aliphatic hydroxyl groups is 1. The molecule has 2 rings (SSSR count). The van der Waals surface area contributed by atoms with Gasteiger partial charge in [0, 0.05) is 30.3 Å². The summed E-state index contributed by atoms with van der Waals surface area (Å²) in [6.45, 7) is 0.716. The van der Waals surface area contributed by atoms with Gasteiger partial charge in [-0.1, -0.05) is 24.4 Å². The Morgan fingerprint density at radius 1 is 1.30 bits per heavy atom. The molecule has 1 aromatic carbocycles. The van der Waals surface area contributed by atoms with Gasteiger partial charge >= 0.3 is 0 Å². The molecule has 0 aliphatic heterocycles. The zero-order chi connectivity index (χ0) is 14.5. The van der Waals surface area contributed by atoms with E-state index in [1.807, 2.05) is 4.90 Å². The third-order valence-corrected chi connectivity index (χ3v) is 3.99. The largest absolute Gasteiger partial charge is 0.396 e. The van der Waals surface area contributed by atoms with Crippen LogP contribution in [0.15, 0.2) is 24.3 Å². The van der Waals surface area contributed by atoms with Gasteiger partial charge in [-0.15, -0.1) is 0 Å². The van der Waals surface area contributed by atoms with Gasteiger partial charge in [-0.25, -0.2) is 0 Å². The molecule has 0 radical (unpaired) electrons. The van der Waals surface area contributed by atoms with Crippen LogP contribution in [0.25, 0.3) is 0 Å². The van der Waals surface area contributed by atoms with E-state index in [0.29, 0.717) is 29.6 Å². The second-order valence-corrected chi connectivity index (χ2v) is 5.54. The van der Waals surface area contributed by atoms with Gasteiger partial charge in [-0.05, 0) is 37.8 Å². The molecular formula is C15H20N2O2S. The minimum absolute atomic E-state index is 0.0256. The number of carbonyl (C=O) groups excluding carboxylic acids is 1. The van der Waals surface area contributed by atoms with Gasteiger partial charge in [-0.2, -0.15) is 0 Å². The van der Waals surface area contributed by atoms with Gasteiger partial charge < -0.3 is 15.7 Å². The maximum atomic E-state index is 12.5. The van der Waals surface area contributed by atoms with Crippen LogP contribution >= 0.6 is 12.2 Å². The monoisotopic (exact) mass is 292 g/mol. The lowest BCUT2D eigenvalue weighted by molar-refractivity contribution is 0.0562. The molecule has 0 aromatic heterocycles. The van der Waals surface area contributed by atoms with Crippen molar-refractivity contribution in [3.8, 4) is 0 Å². The van der Waals surface area contributed by atoms with E-state index in [2.05, 4.69) is 0 Å².